The summed E-state index contributed by atoms with van der Waals surface area (Å²) in [6, 6.07) is 12.3. The molecule has 1 fully saturated rings. The predicted molar refractivity (Wildman–Crippen MR) is 84.5 cm³/mol. The first-order valence-electron chi connectivity index (χ1n) is 7.05. The third-order valence-corrected chi connectivity index (χ3v) is 4.83. The fourth-order valence-electron chi connectivity index (χ4n) is 2.43. The standard InChI is InChI=1S/C16H15N3OS/c1-19-12-5-3-2-4-11(12)18-15(19)13-8-9-14(21-13)16(20)17-10-6-7-10/h2-5,8-10H,6-7H2,1H3,(H,17,20). The average molecular weight is 297 g/mol. The molecule has 3 aromatic rings. The van der Waals surface area contributed by atoms with Crippen molar-refractivity contribution in [2.24, 2.45) is 7.05 Å². The molecule has 1 aliphatic carbocycles. The fraction of sp³-hybridized carbons (Fsp3) is 0.250. The molecule has 4 rings (SSSR count). The predicted octanol–water partition coefficient (Wildman–Crippen LogP) is 3.19. The van der Waals surface area contributed by atoms with Crippen molar-refractivity contribution in [3.05, 3.63) is 41.3 Å². The van der Waals surface area contributed by atoms with Gasteiger partial charge in [-0.05, 0) is 37.1 Å². The molecule has 4 nitrogen and oxygen atoms in total. The molecule has 1 aromatic carbocycles. The Hall–Kier alpha value is -2.14. The lowest BCUT2D eigenvalue weighted by Gasteiger charge is -2.00. The summed E-state index contributed by atoms with van der Waals surface area (Å²) in [6.45, 7) is 0. The minimum absolute atomic E-state index is 0.0347. The average Bonchev–Trinajstić information content (AvgIpc) is 3.06. The molecule has 0 unspecified atom stereocenters. The van der Waals surface area contributed by atoms with E-state index in [0.717, 1.165) is 39.5 Å². The normalized spacial score (nSPS) is 14.5. The largest absolute Gasteiger partial charge is 0.349 e. The van der Waals surface area contributed by atoms with Crippen LogP contribution in [0.2, 0.25) is 0 Å². The number of aryl methyl sites for hydroxylation is 1. The molecule has 5 heteroatoms. The Labute approximate surface area is 126 Å². The number of carbonyl (C=O) groups is 1. The van der Waals surface area contributed by atoms with E-state index >= 15 is 0 Å². The summed E-state index contributed by atoms with van der Waals surface area (Å²) >= 11 is 1.50. The molecule has 1 amide bonds. The summed E-state index contributed by atoms with van der Waals surface area (Å²) in [7, 11) is 2.01. The van der Waals surface area contributed by atoms with Gasteiger partial charge in [0.05, 0.1) is 20.8 Å². The Morgan fingerprint density at radius 1 is 1.29 bits per heavy atom. The first kappa shape index (κ1) is 12.6. The number of nitrogens with zero attached hydrogens (tertiary/aromatic N) is 2. The minimum atomic E-state index is 0.0347. The Morgan fingerprint density at radius 2 is 2.10 bits per heavy atom. The van der Waals surface area contributed by atoms with Gasteiger partial charge in [0.25, 0.3) is 5.91 Å². The van der Waals surface area contributed by atoms with Crippen LogP contribution in [0.5, 0.6) is 0 Å². The number of amides is 1. The van der Waals surface area contributed by atoms with E-state index in [1.54, 1.807) is 0 Å². The van der Waals surface area contributed by atoms with Crippen LogP contribution in [0.4, 0.5) is 0 Å². The van der Waals surface area contributed by atoms with Gasteiger partial charge < -0.3 is 9.88 Å². The highest BCUT2D eigenvalue weighted by Gasteiger charge is 2.24. The van der Waals surface area contributed by atoms with Gasteiger partial charge in [0.2, 0.25) is 0 Å². The van der Waals surface area contributed by atoms with Gasteiger partial charge in [-0.15, -0.1) is 11.3 Å². The summed E-state index contributed by atoms with van der Waals surface area (Å²) in [4.78, 5) is 18.5. The topological polar surface area (TPSA) is 46.9 Å². The van der Waals surface area contributed by atoms with Gasteiger partial charge in [0.1, 0.15) is 0 Å². The second-order valence-corrected chi connectivity index (χ2v) is 6.48. The van der Waals surface area contributed by atoms with Crippen molar-refractivity contribution in [1.82, 2.24) is 14.9 Å². The van der Waals surface area contributed by atoms with E-state index in [2.05, 4.69) is 20.9 Å². The molecule has 0 bridgehead atoms. The van der Waals surface area contributed by atoms with Crippen LogP contribution in [0, 0.1) is 0 Å². The number of para-hydroxylation sites is 2. The number of thiophene rings is 1. The van der Waals surface area contributed by atoms with Gasteiger partial charge in [-0.2, -0.15) is 0 Å². The van der Waals surface area contributed by atoms with E-state index in [1.807, 2.05) is 37.4 Å². The Morgan fingerprint density at radius 3 is 2.86 bits per heavy atom. The first-order valence-corrected chi connectivity index (χ1v) is 7.86. The molecule has 1 N–H and O–H groups in total. The van der Waals surface area contributed by atoms with Crippen LogP contribution in [0.15, 0.2) is 36.4 Å². The zero-order chi connectivity index (χ0) is 14.4. The molecule has 21 heavy (non-hydrogen) atoms. The third kappa shape index (κ3) is 2.23. The molecule has 0 radical (unpaired) electrons. The fourth-order valence-corrected chi connectivity index (χ4v) is 3.36. The Balaban J connectivity index is 1.70. The maximum absolute atomic E-state index is 12.1. The minimum Gasteiger partial charge on any atom is -0.349 e. The molecule has 0 atom stereocenters. The lowest BCUT2D eigenvalue weighted by molar-refractivity contribution is 0.0955. The van der Waals surface area contributed by atoms with Crippen LogP contribution in [0.25, 0.3) is 21.7 Å². The van der Waals surface area contributed by atoms with E-state index < -0.39 is 0 Å². The second-order valence-electron chi connectivity index (χ2n) is 5.39. The van der Waals surface area contributed by atoms with Crippen LogP contribution in [-0.4, -0.2) is 21.5 Å². The van der Waals surface area contributed by atoms with Crippen LogP contribution in [0.3, 0.4) is 0 Å². The quantitative estimate of drug-likeness (QED) is 0.807. The number of hydrogen-bond donors (Lipinski definition) is 1. The molecule has 2 heterocycles. The highest BCUT2D eigenvalue weighted by Crippen LogP contribution is 2.30. The lowest BCUT2D eigenvalue weighted by Crippen LogP contribution is -2.24. The van der Waals surface area contributed by atoms with Crippen molar-refractivity contribution in [2.45, 2.75) is 18.9 Å². The Kier molecular flexibility index (Phi) is 2.82. The molecule has 106 valence electrons. The highest BCUT2D eigenvalue weighted by atomic mass is 32.1. The summed E-state index contributed by atoms with van der Waals surface area (Å²) < 4.78 is 2.07. The molecular formula is C16H15N3OS. The number of hydrogen-bond acceptors (Lipinski definition) is 3. The van der Waals surface area contributed by atoms with Crippen molar-refractivity contribution in [3.63, 3.8) is 0 Å². The number of nitrogens with one attached hydrogen (secondary N) is 1. The van der Waals surface area contributed by atoms with Gasteiger partial charge in [0.15, 0.2) is 5.82 Å². The van der Waals surface area contributed by atoms with Gasteiger partial charge in [-0.1, -0.05) is 12.1 Å². The van der Waals surface area contributed by atoms with Crippen LogP contribution < -0.4 is 5.32 Å². The highest BCUT2D eigenvalue weighted by molar-refractivity contribution is 7.17. The number of imidazole rings is 1. The molecule has 1 saturated carbocycles. The maximum Gasteiger partial charge on any atom is 0.261 e. The van der Waals surface area contributed by atoms with Gasteiger partial charge in [-0.25, -0.2) is 4.98 Å². The van der Waals surface area contributed by atoms with E-state index in [1.165, 1.54) is 11.3 Å². The summed E-state index contributed by atoms with van der Waals surface area (Å²) in [6.07, 6.45) is 2.21. The lowest BCUT2D eigenvalue weighted by atomic mass is 10.3. The number of fused-ring (bicyclic) bond motifs is 1. The van der Waals surface area contributed by atoms with E-state index in [-0.39, 0.29) is 5.91 Å². The number of benzene rings is 1. The van der Waals surface area contributed by atoms with Gasteiger partial charge in [0, 0.05) is 13.1 Å². The summed E-state index contributed by atoms with van der Waals surface area (Å²) in [5.74, 6) is 0.944. The first-order chi connectivity index (χ1) is 10.2. The molecule has 0 saturated heterocycles. The van der Waals surface area contributed by atoms with Crippen molar-refractivity contribution < 1.29 is 4.79 Å². The van der Waals surface area contributed by atoms with Gasteiger partial charge in [-0.3, -0.25) is 4.79 Å². The monoisotopic (exact) mass is 297 g/mol. The zero-order valence-electron chi connectivity index (χ0n) is 11.7. The molecular weight excluding hydrogens is 282 g/mol. The molecule has 1 aliphatic rings. The molecule has 2 aromatic heterocycles. The smallest absolute Gasteiger partial charge is 0.261 e. The van der Waals surface area contributed by atoms with Crippen LogP contribution >= 0.6 is 11.3 Å². The van der Waals surface area contributed by atoms with E-state index in [0.29, 0.717) is 6.04 Å². The molecule has 0 aliphatic heterocycles. The number of aromatic nitrogens is 2. The number of carbonyl (C=O) groups excluding carboxylic acids is 1. The summed E-state index contributed by atoms with van der Waals surface area (Å²) in [5, 5.41) is 3.02. The zero-order valence-corrected chi connectivity index (χ0v) is 12.5. The van der Waals surface area contributed by atoms with Crippen molar-refractivity contribution in [1.29, 1.82) is 0 Å². The summed E-state index contributed by atoms with van der Waals surface area (Å²) in [5.41, 5.74) is 2.08. The third-order valence-electron chi connectivity index (χ3n) is 3.75. The van der Waals surface area contributed by atoms with E-state index in [9.17, 15) is 4.79 Å². The van der Waals surface area contributed by atoms with Crippen LogP contribution in [-0.2, 0) is 7.05 Å². The Bertz CT molecular complexity index is 829. The second kappa shape index (κ2) is 4.70. The number of rotatable bonds is 3. The van der Waals surface area contributed by atoms with Gasteiger partial charge >= 0.3 is 0 Å². The van der Waals surface area contributed by atoms with Crippen molar-refractivity contribution in [3.8, 4) is 10.7 Å². The molecule has 0 spiro atoms. The van der Waals surface area contributed by atoms with Crippen LogP contribution in [0.1, 0.15) is 22.5 Å². The van der Waals surface area contributed by atoms with Crippen molar-refractivity contribution in [2.75, 3.05) is 0 Å². The maximum atomic E-state index is 12.1. The van der Waals surface area contributed by atoms with Crippen molar-refractivity contribution >= 4 is 28.3 Å². The van der Waals surface area contributed by atoms with E-state index in [4.69, 9.17) is 0 Å². The SMILES string of the molecule is Cn1c(-c2ccc(C(=O)NC3CC3)s2)nc2ccccc21.